The van der Waals surface area contributed by atoms with Gasteiger partial charge in [-0.15, -0.1) is 0 Å². The molecule has 0 radical (unpaired) electrons. The summed E-state index contributed by atoms with van der Waals surface area (Å²) >= 11 is 5.29. The van der Waals surface area contributed by atoms with Crippen LogP contribution in [0.25, 0.3) is 0 Å². The third kappa shape index (κ3) is 66.5. The molecule has 0 heterocycles. The van der Waals surface area contributed by atoms with Gasteiger partial charge in [0, 0.05) is 23.0 Å². The lowest BCUT2D eigenvalue weighted by molar-refractivity contribution is -0.115. The number of ketones is 2. The Kier molecular flexibility index (Phi) is 61.5. The molecule has 0 aromatic heterocycles. The predicted octanol–water partition coefficient (Wildman–Crippen LogP) is 1.57. The van der Waals surface area contributed by atoms with Gasteiger partial charge < -0.3 is 76.5 Å². The number of hydrogen-bond donors (Lipinski definition) is 2. The molecular weight excluding hydrogens is 865 g/mol. The Morgan fingerprint density at radius 2 is 0.426 bits per heavy atom. The molecule has 0 aromatic carbocycles. The summed E-state index contributed by atoms with van der Waals surface area (Å²) in [6.07, 6.45) is 0. The van der Waals surface area contributed by atoms with Crippen LogP contribution in [-0.2, 0) is 75.9 Å². The number of aliphatic hydroxyl groups is 2. The molecule has 0 amide bonds. The van der Waals surface area contributed by atoms with Crippen LogP contribution in [0.5, 0.6) is 0 Å². The first kappa shape index (κ1) is 62.8. The van der Waals surface area contributed by atoms with Crippen LogP contribution in [0, 0.1) is 0 Å². The summed E-state index contributed by atoms with van der Waals surface area (Å²) in [5.41, 5.74) is 0. The van der Waals surface area contributed by atoms with E-state index in [1.165, 1.54) is 0 Å². The fraction of sp³-hybridized carbons (Fsp3) is 0.950. The maximum absolute atomic E-state index is 10.6. The van der Waals surface area contributed by atoms with Gasteiger partial charge in [0.2, 0.25) is 0 Å². The second-order valence-corrected chi connectivity index (χ2v) is 15.6. The van der Waals surface area contributed by atoms with Crippen LogP contribution in [0.15, 0.2) is 0 Å². The number of rotatable bonds is 53. The van der Waals surface area contributed by atoms with E-state index < -0.39 is 0 Å². The highest BCUT2D eigenvalue weighted by Gasteiger charge is 1.99. The summed E-state index contributed by atoms with van der Waals surface area (Å²) in [7, 11) is 0. The highest BCUT2D eigenvalue weighted by atomic mass is 32.2. The Balaban J connectivity index is 0. The van der Waals surface area contributed by atoms with Gasteiger partial charge in [0.1, 0.15) is 11.6 Å². The molecule has 18 nitrogen and oxygen atoms in total. The molecule has 0 saturated heterocycles. The van der Waals surface area contributed by atoms with Crippen molar-refractivity contribution in [2.24, 2.45) is 0 Å². The summed E-state index contributed by atoms with van der Waals surface area (Å²) in [5.74, 6) is 6.06. The molecule has 0 spiro atoms. The fourth-order valence-corrected chi connectivity index (χ4v) is 6.81. The van der Waals surface area contributed by atoms with Crippen LogP contribution in [-0.4, -0.2) is 255 Å². The van der Waals surface area contributed by atoms with Gasteiger partial charge in [-0.25, -0.2) is 0 Å². The first-order chi connectivity index (χ1) is 30.0. The van der Waals surface area contributed by atoms with Crippen LogP contribution >= 0.6 is 35.3 Å². The third-order valence-corrected chi connectivity index (χ3v) is 10.4. The second-order valence-electron chi connectivity index (χ2n) is 12.1. The lowest BCUT2D eigenvalue weighted by atomic mass is 10.5. The predicted molar refractivity (Wildman–Crippen MR) is 239 cm³/mol. The zero-order chi connectivity index (χ0) is 44.6. The Hall–Kier alpha value is -0.250. The maximum atomic E-state index is 10.6. The second kappa shape index (κ2) is 59.8. The lowest BCUT2D eigenvalue weighted by Crippen LogP contribution is -2.15. The minimum atomic E-state index is 0.0226. The van der Waals surface area contributed by atoms with Crippen LogP contribution < -0.4 is 0 Å². The van der Waals surface area contributed by atoms with Crippen molar-refractivity contribution in [3.63, 3.8) is 0 Å². The summed E-state index contributed by atoms with van der Waals surface area (Å²) in [4.78, 5) is 21.2. The summed E-state index contributed by atoms with van der Waals surface area (Å²) < 4.78 is 75.2. The molecule has 0 bridgehead atoms. The first-order valence-electron chi connectivity index (χ1n) is 21.1. The number of carbonyl (C=O) groups excluding carboxylic acids is 2. The zero-order valence-electron chi connectivity index (χ0n) is 37.1. The van der Waals surface area contributed by atoms with Crippen molar-refractivity contribution < 1.29 is 86.1 Å². The van der Waals surface area contributed by atoms with Crippen molar-refractivity contribution in [3.8, 4) is 0 Å². The SMILES string of the molecule is CC(=O)CSCCSCCSCC(C)=O.OCCOCCOCCOCCOCCOCCOCCOCCOCCOCCOCCOCCOCCOCCOCCO. The quantitative estimate of drug-likeness (QED) is 0.0831. The normalized spacial score (nSPS) is 11.3. The maximum Gasteiger partial charge on any atom is 0.139 e. The van der Waals surface area contributed by atoms with Crippen LogP contribution in [0.4, 0.5) is 0 Å². The van der Waals surface area contributed by atoms with Gasteiger partial charge >= 0.3 is 0 Å². The third-order valence-electron chi connectivity index (χ3n) is 6.66. The topological polar surface area (TPSA) is 204 Å². The van der Waals surface area contributed by atoms with Crippen molar-refractivity contribution in [1.29, 1.82) is 0 Å². The molecule has 0 aliphatic heterocycles. The van der Waals surface area contributed by atoms with Crippen molar-refractivity contribution in [3.05, 3.63) is 0 Å². The highest BCUT2D eigenvalue weighted by Crippen LogP contribution is 2.10. The van der Waals surface area contributed by atoms with E-state index in [1.54, 1.807) is 37.4 Å². The van der Waals surface area contributed by atoms with Gasteiger partial charge in [-0.1, -0.05) is 0 Å². The van der Waals surface area contributed by atoms with Crippen LogP contribution in [0.1, 0.15) is 13.8 Å². The number of carbonyl (C=O) groups is 2. The van der Waals surface area contributed by atoms with E-state index in [0.29, 0.717) is 196 Å². The first-order valence-corrected chi connectivity index (χ1v) is 24.5. The summed E-state index contributed by atoms with van der Waals surface area (Å²) in [6, 6.07) is 0. The molecule has 0 fully saturated rings. The minimum absolute atomic E-state index is 0.0226. The van der Waals surface area contributed by atoms with E-state index >= 15 is 0 Å². The lowest BCUT2D eigenvalue weighted by Gasteiger charge is -2.09. The Bertz CT molecular complexity index is 780. The molecule has 61 heavy (non-hydrogen) atoms. The average Bonchev–Trinajstić information content (AvgIpc) is 3.25. The van der Waals surface area contributed by atoms with E-state index in [1.807, 2.05) is 11.8 Å². The molecule has 2 N–H and O–H groups in total. The van der Waals surface area contributed by atoms with Gasteiger partial charge in [0.05, 0.1) is 210 Å². The molecule has 0 rings (SSSR count). The van der Waals surface area contributed by atoms with Crippen LogP contribution in [0.3, 0.4) is 0 Å². The Morgan fingerprint density at radius 3 is 0.574 bits per heavy atom. The molecule has 0 aliphatic carbocycles. The largest absolute Gasteiger partial charge is 0.394 e. The van der Waals surface area contributed by atoms with Crippen molar-refractivity contribution in [1.82, 2.24) is 0 Å². The Labute approximate surface area is 378 Å². The molecule has 0 unspecified atom stereocenters. The highest BCUT2D eigenvalue weighted by molar-refractivity contribution is 8.04. The van der Waals surface area contributed by atoms with Gasteiger partial charge in [0.15, 0.2) is 0 Å². The van der Waals surface area contributed by atoms with Crippen molar-refractivity contribution >= 4 is 46.9 Å². The standard InChI is InChI=1S/C30H62O16.C10H18O2S3/c31-1-3-33-5-7-35-9-11-37-13-15-39-17-19-41-21-23-43-25-27-45-29-30-46-28-26-44-24-22-42-20-18-40-16-14-38-12-10-36-8-6-34-4-2-32;1-9(11)7-14-5-3-13-4-6-15-8-10(2)12/h31-32H,1-30H2;3-8H2,1-2H3. The molecular formula is C40H80O18S3. The smallest absolute Gasteiger partial charge is 0.139 e. The van der Waals surface area contributed by atoms with Gasteiger partial charge in [-0.2, -0.15) is 35.3 Å². The van der Waals surface area contributed by atoms with E-state index in [9.17, 15) is 9.59 Å². The number of Topliss-reactive ketones (excluding diaryl/α,β-unsaturated/α-hetero) is 2. The molecule has 0 aliphatic rings. The summed E-state index contributed by atoms with van der Waals surface area (Å²) in [6.45, 7) is 16.9. The van der Waals surface area contributed by atoms with E-state index in [4.69, 9.17) is 76.5 Å². The van der Waals surface area contributed by atoms with E-state index in [2.05, 4.69) is 0 Å². The number of thioether (sulfide) groups is 3. The van der Waals surface area contributed by atoms with E-state index in [-0.39, 0.29) is 24.8 Å². The number of ether oxygens (including phenoxy) is 14. The molecule has 0 aromatic rings. The molecule has 366 valence electrons. The van der Waals surface area contributed by atoms with Gasteiger partial charge in [0.25, 0.3) is 0 Å². The minimum Gasteiger partial charge on any atom is -0.394 e. The Morgan fingerprint density at radius 1 is 0.279 bits per heavy atom. The van der Waals surface area contributed by atoms with Crippen LogP contribution in [0.2, 0.25) is 0 Å². The molecule has 21 heteroatoms. The monoisotopic (exact) mass is 944 g/mol. The summed E-state index contributed by atoms with van der Waals surface area (Å²) in [5, 5.41) is 17.1. The number of hydrogen-bond acceptors (Lipinski definition) is 21. The van der Waals surface area contributed by atoms with Crippen molar-refractivity contribution in [2.45, 2.75) is 13.8 Å². The molecule has 0 atom stereocenters. The van der Waals surface area contributed by atoms with E-state index in [0.717, 1.165) is 23.0 Å². The van der Waals surface area contributed by atoms with Gasteiger partial charge in [-0.05, 0) is 13.8 Å². The average molecular weight is 945 g/mol. The number of aliphatic hydroxyl groups excluding tert-OH is 2. The fourth-order valence-electron chi connectivity index (χ4n) is 3.86. The zero-order valence-corrected chi connectivity index (χ0v) is 39.6. The molecule has 0 saturated carbocycles. The van der Waals surface area contributed by atoms with Gasteiger partial charge in [-0.3, -0.25) is 9.59 Å². The van der Waals surface area contributed by atoms with Crippen molar-refractivity contribution in [2.75, 3.05) is 233 Å².